The number of rotatable bonds is 3. The molecule has 1 aliphatic rings. The molecule has 0 amide bonds. The standard InChI is InChI=1S/C10H15NO/c1-8(12)7-10-4-2-3-9(10)5-6-11/h9-10H,2-5,7H2,1H3/t9-,10-/m1/s1. The molecule has 0 saturated heterocycles. The summed E-state index contributed by atoms with van der Waals surface area (Å²) in [5, 5.41) is 8.54. The Labute approximate surface area is 73.6 Å². The van der Waals surface area contributed by atoms with E-state index in [-0.39, 0.29) is 5.78 Å². The van der Waals surface area contributed by atoms with Crippen LogP contribution in [-0.2, 0) is 4.79 Å². The van der Waals surface area contributed by atoms with E-state index >= 15 is 0 Å². The summed E-state index contributed by atoms with van der Waals surface area (Å²) >= 11 is 0. The summed E-state index contributed by atoms with van der Waals surface area (Å²) in [5.74, 6) is 1.27. The molecule has 12 heavy (non-hydrogen) atoms. The highest BCUT2D eigenvalue weighted by Gasteiger charge is 2.27. The first-order chi connectivity index (χ1) is 5.74. The largest absolute Gasteiger partial charge is 0.300 e. The molecule has 0 N–H and O–H groups in total. The van der Waals surface area contributed by atoms with Crippen molar-refractivity contribution in [2.45, 2.75) is 39.0 Å². The first-order valence-electron chi connectivity index (χ1n) is 4.60. The van der Waals surface area contributed by atoms with Crippen LogP contribution in [0.4, 0.5) is 0 Å². The van der Waals surface area contributed by atoms with Gasteiger partial charge >= 0.3 is 0 Å². The van der Waals surface area contributed by atoms with Gasteiger partial charge in [-0.1, -0.05) is 6.42 Å². The van der Waals surface area contributed by atoms with Crippen LogP contribution >= 0.6 is 0 Å². The van der Waals surface area contributed by atoms with E-state index in [0.717, 1.165) is 12.8 Å². The van der Waals surface area contributed by atoms with Gasteiger partial charge in [-0.05, 0) is 31.6 Å². The Kier molecular flexibility index (Phi) is 3.28. The van der Waals surface area contributed by atoms with Gasteiger partial charge in [0, 0.05) is 12.8 Å². The summed E-state index contributed by atoms with van der Waals surface area (Å²) in [5.41, 5.74) is 0. The molecule has 2 nitrogen and oxygen atoms in total. The van der Waals surface area contributed by atoms with Crippen molar-refractivity contribution in [2.24, 2.45) is 11.8 Å². The molecule has 1 rings (SSSR count). The first-order valence-corrected chi connectivity index (χ1v) is 4.60. The molecule has 0 aromatic rings. The topological polar surface area (TPSA) is 40.9 Å². The maximum atomic E-state index is 10.9. The van der Waals surface area contributed by atoms with Gasteiger partial charge < -0.3 is 4.79 Å². The third-order valence-electron chi connectivity index (χ3n) is 2.72. The fraction of sp³-hybridized carbons (Fsp3) is 0.800. The van der Waals surface area contributed by atoms with E-state index in [0.29, 0.717) is 24.7 Å². The molecule has 0 heterocycles. The van der Waals surface area contributed by atoms with Crippen molar-refractivity contribution < 1.29 is 4.79 Å². The predicted molar refractivity (Wildman–Crippen MR) is 46.4 cm³/mol. The number of hydrogen-bond donors (Lipinski definition) is 0. The second-order valence-corrected chi connectivity index (χ2v) is 3.72. The van der Waals surface area contributed by atoms with Gasteiger partial charge in [-0.25, -0.2) is 0 Å². The Balaban J connectivity index is 2.41. The fourth-order valence-corrected chi connectivity index (χ4v) is 2.14. The lowest BCUT2D eigenvalue weighted by atomic mass is 9.89. The summed E-state index contributed by atoms with van der Waals surface area (Å²) in [6.07, 6.45) is 4.81. The molecule has 2 heteroatoms. The van der Waals surface area contributed by atoms with E-state index in [1.165, 1.54) is 6.42 Å². The number of carbonyl (C=O) groups excluding carboxylic acids is 1. The van der Waals surface area contributed by atoms with Gasteiger partial charge in [0.25, 0.3) is 0 Å². The molecular weight excluding hydrogens is 150 g/mol. The van der Waals surface area contributed by atoms with Crippen LogP contribution < -0.4 is 0 Å². The number of nitrogens with zero attached hydrogens (tertiary/aromatic N) is 1. The first kappa shape index (κ1) is 9.25. The molecule has 0 aromatic carbocycles. The molecule has 1 aliphatic carbocycles. The number of nitriles is 1. The summed E-state index contributed by atoms with van der Waals surface area (Å²) in [6.45, 7) is 1.64. The Hall–Kier alpha value is -0.840. The Morgan fingerprint density at radius 3 is 2.75 bits per heavy atom. The maximum Gasteiger partial charge on any atom is 0.130 e. The molecule has 0 bridgehead atoms. The Morgan fingerprint density at radius 2 is 2.17 bits per heavy atom. The van der Waals surface area contributed by atoms with Gasteiger partial charge in [0.2, 0.25) is 0 Å². The Bertz CT molecular complexity index is 204. The number of hydrogen-bond acceptors (Lipinski definition) is 2. The van der Waals surface area contributed by atoms with Crippen LogP contribution in [0.1, 0.15) is 39.0 Å². The molecule has 0 unspecified atom stereocenters. The minimum atomic E-state index is 0.268. The molecule has 0 aromatic heterocycles. The Morgan fingerprint density at radius 1 is 1.50 bits per heavy atom. The second kappa shape index (κ2) is 4.25. The van der Waals surface area contributed by atoms with Crippen molar-refractivity contribution in [3.63, 3.8) is 0 Å². The molecule has 0 aliphatic heterocycles. The quantitative estimate of drug-likeness (QED) is 0.643. The van der Waals surface area contributed by atoms with Gasteiger partial charge in [-0.2, -0.15) is 5.26 Å². The summed E-state index contributed by atoms with van der Waals surface area (Å²) in [4.78, 5) is 10.9. The molecule has 0 spiro atoms. The van der Waals surface area contributed by atoms with Gasteiger partial charge in [-0.3, -0.25) is 0 Å². The third kappa shape index (κ3) is 2.34. The predicted octanol–water partition coefficient (Wildman–Crippen LogP) is 2.30. The zero-order valence-corrected chi connectivity index (χ0v) is 7.55. The SMILES string of the molecule is CC(=O)C[C@H]1CCC[C@@H]1CC#N. The highest BCUT2D eigenvalue weighted by Crippen LogP contribution is 2.35. The van der Waals surface area contributed by atoms with E-state index in [1.807, 2.05) is 0 Å². The lowest BCUT2D eigenvalue weighted by Crippen LogP contribution is -2.10. The third-order valence-corrected chi connectivity index (χ3v) is 2.72. The van der Waals surface area contributed by atoms with E-state index < -0.39 is 0 Å². The van der Waals surface area contributed by atoms with Crippen molar-refractivity contribution in [3.05, 3.63) is 0 Å². The van der Waals surface area contributed by atoms with Gasteiger partial charge in [0.1, 0.15) is 5.78 Å². The second-order valence-electron chi connectivity index (χ2n) is 3.72. The zero-order chi connectivity index (χ0) is 8.97. The molecule has 1 fully saturated rings. The minimum Gasteiger partial charge on any atom is -0.300 e. The summed E-state index contributed by atoms with van der Waals surface area (Å²) < 4.78 is 0. The van der Waals surface area contributed by atoms with E-state index in [1.54, 1.807) is 6.92 Å². The van der Waals surface area contributed by atoms with Crippen molar-refractivity contribution in [1.29, 1.82) is 5.26 Å². The minimum absolute atomic E-state index is 0.268. The van der Waals surface area contributed by atoms with Crippen LogP contribution in [0, 0.1) is 23.2 Å². The number of carbonyl (C=O) groups is 1. The van der Waals surface area contributed by atoms with Crippen LogP contribution in [0.5, 0.6) is 0 Å². The van der Waals surface area contributed by atoms with Crippen molar-refractivity contribution in [3.8, 4) is 6.07 Å². The normalized spacial score (nSPS) is 28.3. The van der Waals surface area contributed by atoms with Gasteiger partial charge in [-0.15, -0.1) is 0 Å². The van der Waals surface area contributed by atoms with Crippen LogP contribution in [0.2, 0.25) is 0 Å². The van der Waals surface area contributed by atoms with Crippen molar-refractivity contribution in [2.75, 3.05) is 0 Å². The van der Waals surface area contributed by atoms with Crippen molar-refractivity contribution in [1.82, 2.24) is 0 Å². The highest BCUT2D eigenvalue weighted by molar-refractivity contribution is 5.75. The number of Topliss-reactive ketones (excluding diaryl/α,β-unsaturated/α-hetero) is 1. The lowest BCUT2D eigenvalue weighted by Gasteiger charge is -2.14. The van der Waals surface area contributed by atoms with E-state index in [2.05, 4.69) is 6.07 Å². The summed E-state index contributed by atoms with van der Waals surface area (Å²) in [6, 6.07) is 2.20. The van der Waals surface area contributed by atoms with Crippen molar-refractivity contribution >= 4 is 5.78 Å². The van der Waals surface area contributed by atoms with Crippen LogP contribution in [-0.4, -0.2) is 5.78 Å². The highest BCUT2D eigenvalue weighted by atomic mass is 16.1. The molecule has 1 saturated carbocycles. The molecular formula is C10H15NO. The summed E-state index contributed by atoms with van der Waals surface area (Å²) in [7, 11) is 0. The van der Waals surface area contributed by atoms with Gasteiger partial charge in [0.05, 0.1) is 6.07 Å². The lowest BCUT2D eigenvalue weighted by molar-refractivity contribution is -0.118. The van der Waals surface area contributed by atoms with E-state index in [9.17, 15) is 4.79 Å². The smallest absolute Gasteiger partial charge is 0.130 e. The molecule has 2 atom stereocenters. The maximum absolute atomic E-state index is 10.9. The number of ketones is 1. The zero-order valence-electron chi connectivity index (χ0n) is 7.55. The molecule has 0 radical (unpaired) electrons. The average molecular weight is 165 g/mol. The van der Waals surface area contributed by atoms with Crippen LogP contribution in [0.3, 0.4) is 0 Å². The van der Waals surface area contributed by atoms with E-state index in [4.69, 9.17) is 5.26 Å². The fourth-order valence-electron chi connectivity index (χ4n) is 2.14. The average Bonchev–Trinajstić information content (AvgIpc) is 2.37. The van der Waals surface area contributed by atoms with Crippen LogP contribution in [0.15, 0.2) is 0 Å². The van der Waals surface area contributed by atoms with Crippen LogP contribution in [0.25, 0.3) is 0 Å². The monoisotopic (exact) mass is 165 g/mol. The van der Waals surface area contributed by atoms with Gasteiger partial charge in [0.15, 0.2) is 0 Å². The molecule has 66 valence electrons.